The maximum absolute atomic E-state index is 13.4. The normalized spacial score (nSPS) is 18.2. The summed E-state index contributed by atoms with van der Waals surface area (Å²) in [4.78, 5) is 22.1. The van der Waals surface area contributed by atoms with Crippen LogP contribution in [0, 0.1) is 0 Å². The number of alkyl halides is 3. The van der Waals surface area contributed by atoms with Gasteiger partial charge in [-0.05, 0) is 18.9 Å². The zero-order chi connectivity index (χ0) is 19.2. The highest BCUT2D eigenvalue weighted by Gasteiger charge is 2.37. The summed E-state index contributed by atoms with van der Waals surface area (Å²) in [6, 6.07) is 0.976. The quantitative estimate of drug-likeness (QED) is 0.715. The third kappa shape index (κ3) is 3.22. The second-order valence-corrected chi connectivity index (χ2v) is 6.63. The Balaban J connectivity index is 1.65. The lowest BCUT2D eigenvalue weighted by Crippen LogP contribution is -2.39. The van der Waals surface area contributed by atoms with Gasteiger partial charge in [-0.1, -0.05) is 11.6 Å². The zero-order valence-electron chi connectivity index (χ0n) is 13.7. The maximum atomic E-state index is 13.4. The van der Waals surface area contributed by atoms with Crippen LogP contribution in [0.15, 0.2) is 18.6 Å². The Morgan fingerprint density at radius 2 is 2.19 bits per heavy atom. The van der Waals surface area contributed by atoms with Crippen molar-refractivity contribution in [1.29, 1.82) is 0 Å². The first kappa shape index (κ1) is 17.7. The Morgan fingerprint density at radius 3 is 2.89 bits per heavy atom. The van der Waals surface area contributed by atoms with Crippen molar-refractivity contribution < 1.29 is 18.0 Å². The van der Waals surface area contributed by atoms with E-state index in [-0.39, 0.29) is 40.6 Å². The van der Waals surface area contributed by atoms with E-state index in [0.29, 0.717) is 23.9 Å². The summed E-state index contributed by atoms with van der Waals surface area (Å²) in [5.41, 5.74) is -0.551. The number of piperidine rings is 1. The molecule has 3 aromatic rings. The third-order valence-corrected chi connectivity index (χ3v) is 4.78. The lowest BCUT2D eigenvalue weighted by atomic mass is 9.94. The molecule has 4 rings (SSSR count). The van der Waals surface area contributed by atoms with Crippen molar-refractivity contribution in [2.24, 2.45) is 0 Å². The topological polar surface area (TPSA) is 92.1 Å². The Kier molecular flexibility index (Phi) is 4.25. The number of hydrogen-bond donors (Lipinski definition) is 1. The van der Waals surface area contributed by atoms with Crippen LogP contribution in [0.1, 0.15) is 40.6 Å². The molecular weight excluding hydrogens is 387 g/mol. The number of halogens is 4. The van der Waals surface area contributed by atoms with Gasteiger partial charge in [-0.3, -0.25) is 9.89 Å². The fourth-order valence-corrected chi connectivity index (χ4v) is 3.40. The van der Waals surface area contributed by atoms with Crippen molar-refractivity contribution in [2.75, 3.05) is 13.1 Å². The van der Waals surface area contributed by atoms with Crippen LogP contribution in [-0.4, -0.2) is 53.7 Å². The molecule has 0 aliphatic carbocycles. The molecule has 0 aromatic carbocycles. The molecule has 1 aliphatic heterocycles. The van der Waals surface area contributed by atoms with Crippen molar-refractivity contribution in [3.05, 3.63) is 40.7 Å². The van der Waals surface area contributed by atoms with Gasteiger partial charge >= 0.3 is 6.18 Å². The van der Waals surface area contributed by atoms with E-state index in [1.807, 2.05) is 0 Å². The van der Waals surface area contributed by atoms with Gasteiger partial charge in [0.2, 0.25) is 0 Å². The van der Waals surface area contributed by atoms with Crippen LogP contribution in [-0.2, 0) is 6.18 Å². The molecule has 142 valence electrons. The van der Waals surface area contributed by atoms with E-state index in [4.69, 9.17) is 11.6 Å². The third-order valence-electron chi connectivity index (χ3n) is 4.50. The summed E-state index contributed by atoms with van der Waals surface area (Å²) in [5.74, 6) is -0.825. The van der Waals surface area contributed by atoms with Crippen molar-refractivity contribution in [2.45, 2.75) is 24.9 Å². The molecule has 1 amide bonds. The monoisotopic (exact) mass is 399 g/mol. The number of aromatic nitrogens is 6. The first-order valence-electron chi connectivity index (χ1n) is 8.10. The number of hydrogen-bond acceptors (Lipinski definition) is 5. The predicted molar refractivity (Wildman–Crippen MR) is 87.3 cm³/mol. The molecular formula is C15H13ClF3N7O. The summed E-state index contributed by atoms with van der Waals surface area (Å²) in [6.07, 6.45) is -1.01. The molecule has 0 saturated carbocycles. The molecule has 1 aliphatic rings. The van der Waals surface area contributed by atoms with Crippen molar-refractivity contribution >= 4 is 23.3 Å². The summed E-state index contributed by atoms with van der Waals surface area (Å²) in [5, 5.41) is 10.1. The van der Waals surface area contributed by atoms with E-state index in [0.717, 1.165) is 12.4 Å². The minimum absolute atomic E-state index is 0.125. The van der Waals surface area contributed by atoms with Gasteiger partial charge in [0.05, 0.1) is 16.9 Å². The largest absolute Gasteiger partial charge is 0.433 e. The predicted octanol–water partition coefficient (Wildman–Crippen LogP) is 2.54. The van der Waals surface area contributed by atoms with Crippen LogP contribution in [0.4, 0.5) is 13.2 Å². The van der Waals surface area contributed by atoms with Gasteiger partial charge in [-0.15, -0.1) is 0 Å². The summed E-state index contributed by atoms with van der Waals surface area (Å²) in [7, 11) is 0. The Hall–Kier alpha value is -2.69. The Bertz CT molecular complexity index is 999. The van der Waals surface area contributed by atoms with Gasteiger partial charge in [-0.25, -0.2) is 4.98 Å². The number of nitrogens with one attached hydrogen (secondary N) is 1. The van der Waals surface area contributed by atoms with Gasteiger partial charge in [0.25, 0.3) is 11.7 Å². The van der Waals surface area contributed by atoms with Crippen LogP contribution < -0.4 is 0 Å². The molecule has 4 heterocycles. The van der Waals surface area contributed by atoms with Gasteiger partial charge in [0.1, 0.15) is 12.0 Å². The van der Waals surface area contributed by atoms with Gasteiger partial charge in [0, 0.05) is 19.0 Å². The molecule has 0 spiro atoms. The fourth-order valence-electron chi connectivity index (χ4n) is 3.22. The fraction of sp³-hybridized carbons (Fsp3) is 0.400. The van der Waals surface area contributed by atoms with Crippen LogP contribution in [0.3, 0.4) is 0 Å². The molecule has 3 aromatic heterocycles. The number of fused-ring (bicyclic) bond motifs is 1. The molecule has 0 bridgehead atoms. The molecule has 1 atom stereocenters. The SMILES string of the molecule is O=C(c1[nH]ncc1Cl)N1CCCC(c2cc(C(F)(F)F)n3ncnc3n2)C1. The second-order valence-electron chi connectivity index (χ2n) is 6.22. The smallest absolute Gasteiger partial charge is 0.337 e. The average molecular weight is 400 g/mol. The molecule has 27 heavy (non-hydrogen) atoms. The minimum Gasteiger partial charge on any atom is -0.337 e. The first-order chi connectivity index (χ1) is 12.8. The number of rotatable bonds is 2. The van der Waals surface area contributed by atoms with Crippen LogP contribution in [0.2, 0.25) is 5.02 Å². The van der Waals surface area contributed by atoms with Crippen LogP contribution >= 0.6 is 11.6 Å². The van der Waals surface area contributed by atoms with Crippen molar-refractivity contribution in [1.82, 2.24) is 34.7 Å². The summed E-state index contributed by atoms with van der Waals surface area (Å²) >= 11 is 5.93. The molecule has 12 heteroatoms. The van der Waals surface area contributed by atoms with Gasteiger partial charge < -0.3 is 4.90 Å². The highest BCUT2D eigenvalue weighted by Crippen LogP contribution is 2.33. The summed E-state index contributed by atoms with van der Waals surface area (Å²) in [6.45, 7) is 0.701. The molecule has 1 saturated heterocycles. The Morgan fingerprint density at radius 1 is 1.37 bits per heavy atom. The number of carbonyl (C=O) groups is 1. The van der Waals surface area contributed by atoms with Gasteiger partial charge in [-0.2, -0.15) is 32.9 Å². The lowest BCUT2D eigenvalue weighted by Gasteiger charge is -2.32. The number of amides is 1. The minimum atomic E-state index is -4.60. The van der Waals surface area contributed by atoms with Crippen LogP contribution in [0.25, 0.3) is 5.78 Å². The standard InChI is InChI=1S/C15H13ClF3N7O/c16-9-5-21-24-12(9)13(27)25-3-1-2-8(6-25)10-4-11(15(17,18)19)26-14(23-10)20-7-22-26/h4-5,7-8H,1-3,6H2,(H,21,24). The molecule has 0 radical (unpaired) electrons. The van der Waals surface area contributed by atoms with E-state index >= 15 is 0 Å². The first-order valence-corrected chi connectivity index (χ1v) is 8.48. The molecule has 1 N–H and O–H groups in total. The van der Waals surface area contributed by atoms with E-state index in [1.165, 1.54) is 11.1 Å². The van der Waals surface area contributed by atoms with E-state index in [2.05, 4.69) is 25.3 Å². The van der Waals surface area contributed by atoms with Crippen molar-refractivity contribution in [3.63, 3.8) is 0 Å². The highest BCUT2D eigenvalue weighted by molar-refractivity contribution is 6.33. The van der Waals surface area contributed by atoms with E-state index in [9.17, 15) is 18.0 Å². The number of aromatic amines is 1. The van der Waals surface area contributed by atoms with Gasteiger partial charge in [0.15, 0.2) is 5.69 Å². The molecule has 1 fully saturated rings. The lowest BCUT2D eigenvalue weighted by molar-refractivity contribution is -0.142. The summed E-state index contributed by atoms with van der Waals surface area (Å²) < 4.78 is 40.8. The highest BCUT2D eigenvalue weighted by atomic mass is 35.5. The molecule has 8 nitrogen and oxygen atoms in total. The number of nitrogens with zero attached hydrogens (tertiary/aromatic N) is 6. The van der Waals surface area contributed by atoms with E-state index < -0.39 is 11.9 Å². The van der Waals surface area contributed by atoms with E-state index in [1.54, 1.807) is 0 Å². The molecule has 1 unspecified atom stereocenters. The second kappa shape index (κ2) is 6.48. The van der Waals surface area contributed by atoms with Crippen LogP contribution in [0.5, 0.6) is 0 Å². The number of carbonyl (C=O) groups excluding carboxylic acids is 1. The Labute approximate surface area is 155 Å². The van der Waals surface area contributed by atoms with Crippen molar-refractivity contribution in [3.8, 4) is 0 Å². The number of likely N-dealkylation sites (tertiary alicyclic amines) is 1. The number of H-pyrrole nitrogens is 1. The zero-order valence-corrected chi connectivity index (χ0v) is 14.5. The average Bonchev–Trinajstić information content (AvgIpc) is 3.28. The maximum Gasteiger partial charge on any atom is 0.433 e.